The van der Waals surface area contributed by atoms with Crippen molar-refractivity contribution >= 4 is 11.9 Å². The second-order valence-electron chi connectivity index (χ2n) is 18.9. The summed E-state index contributed by atoms with van der Waals surface area (Å²) >= 11 is 0. The summed E-state index contributed by atoms with van der Waals surface area (Å²) in [6, 6.07) is -0.636. The Morgan fingerprint density at radius 2 is 0.754 bits per heavy atom. The van der Waals surface area contributed by atoms with Gasteiger partial charge in [0.2, 0.25) is 5.91 Å². The minimum Gasteiger partial charge on any atom is -0.466 e. The fourth-order valence-corrected chi connectivity index (χ4v) is 8.58. The molecular formula is C55H107NO5. The van der Waals surface area contributed by atoms with Crippen molar-refractivity contribution in [3.05, 3.63) is 12.2 Å². The lowest BCUT2D eigenvalue weighted by atomic mass is 10.0. The van der Waals surface area contributed by atoms with E-state index < -0.39 is 12.1 Å². The molecule has 61 heavy (non-hydrogen) atoms. The number of esters is 1. The van der Waals surface area contributed by atoms with Gasteiger partial charge < -0.3 is 20.3 Å². The molecule has 0 fully saturated rings. The van der Waals surface area contributed by atoms with Gasteiger partial charge in [-0.2, -0.15) is 0 Å². The monoisotopic (exact) mass is 862 g/mol. The first-order chi connectivity index (χ1) is 30.0. The number of carbonyl (C=O) groups excluding carboxylic acids is 2. The maximum absolute atomic E-state index is 12.4. The second-order valence-corrected chi connectivity index (χ2v) is 18.9. The van der Waals surface area contributed by atoms with E-state index >= 15 is 0 Å². The predicted molar refractivity (Wildman–Crippen MR) is 264 cm³/mol. The number of carbonyl (C=O) groups is 2. The number of nitrogens with one attached hydrogen (secondary N) is 1. The zero-order valence-electron chi connectivity index (χ0n) is 41.2. The van der Waals surface area contributed by atoms with Crippen LogP contribution < -0.4 is 5.32 Å². The van der Waals surface area contributed by atoms with Crippen LogP contribution in [-0.4, -0.2) is 47.4 Å². The average Bonchev–Trinajstić information content (AvgIpc) is 3.26. The van der Waals surface area contributed by atoms with Crippen LogP contribution in [0.15, 0.2) is 12.2 Å². The van der Waals surface area contributed by atoms with Crippen LogP contribution in [-0.2, 0) is 14.3 Å². The Kier molecular flexibility index (Phi) is 50.1. The summed E-state index contributed by atoms with van der Waals surface area (Å²) in [5, 5.41) is 23.1. The van der Waals surface area contributed by atoms with Crippen molar-refractivity contribution in [2.45, 2.75) is 315 Å². The summed E-state index contributed by atoms with van der Waals surface area (Å²) in [6.45, 7) is 4.89. The maximum atomic E-state index is 12.4. The zero-order valence-corrected chi connectivity index (χ0v) is 41.2. The van der Waals surface area contributed by atoms with Crippen LogP contribution in [0, 0.1) is 0 Å². The van der Waals surface area contributed by atoms with E-state index in [1.165, 1.54) is 218 Å². The van der Waals surface area contributed by atoms with Gasteiger partial charge in [0.25, 0.3) is 0 Å². The molecular weight excluding hydrogens is 755 g/mol. The summed E-state index contributed by atoms with van der Waals surface area (Å²) in [4.78, 5) is 24.5. The molecule has 0 aromatic carbocycles. The standard InChI is InChI=1S/C55H107NO5/c1-3-5-7-9-11-13-15-17-19-21-25-29-33-37-41-45-49-55(60)61-50-46-42-38-34-30-26-22-24-28-32-36-40-44-48-54(59)56-52(51-57)53(58)47-43-39-35-31-27-23-20-18-16-14-12-10-8-6-4-2/h43,47,52-53,57-58H,3-42,44-46,48-51H2,1-2H3,(H,56,59)/b47-43+. The summed E-state index contributed by atoms with van der Waals surface area (Å²) in [5.41, 5.74) is 0. The van der Waals surface area contributed by atoms with Crippen molar-refractivity contribution in [1.82, 2.24) is 5.32 Å². The molecule has 0 saturated heterocycles. The highest BCUT2D eigenvalue weighted by atomic mass is 16.5. The molecule has 362 valence electrons. The van der Waals surface area contributed by atoms with Crippen LogP contribution in [0.25, 0.3) is 0 Å². The van der Waals surface area contributed by atoms with E-state index in [1.54, 1.807) is 6.08 Å². The maximum Gasteiger partial charge on any atom is 0.305 e. The molecule has 0 aliphatic heterocycles. The molecule has 0 bridgehead atoms. The zero-order chi connectivity index (χ0) is 44.4. The first kappa shape index (κ1) is 59.6. The quantitative estimate of drug-likeness (QED) is 0.0322. The average molecular weight is 862 g/mol. The molecule has 0 aromatic heterocycles. The lowest BCUT2D eigenvalue weighted by Gasteiger charge is -2.20. The summed E-state index contributed by atoms with van der Waals surface area (Å²) in [7, 11) is 0. The molecule has 6 nitrogen and oxygen atoms in total. The molecule has 0 rings (SSSR count). The van der Waals surface area contributed by atoms with Gasteiger partial charge in [-0.05, 0) is 32.1 Å². The third kappa shape index (κ3) is 47.9. The lowest BCUT2D eigenvalue weighted by molar-refractivity contribution is -0.143. The lowest BCUT2D eigenvalue weighted by Crippen LogP contribution is -2.45. The fraction of sp³-hybridized carbons (Fsp3) is 0.927. The number of aliphatic hydroxyl groups is 2. The van der Waals surface area contributed by atoms with E-state index in [0.717, 1.165) is 57.8 Å². The van der Waals surface area contributed by atoms with E-state index in [1.807, 2.05) is 6.08 Å². The van der Waals surface area contributed by atoms with Crippen LogP contribution in [0.2, 0.25) is 0 Å². The van der Waals surface area contributed by atoms with Crippen molar-refractivity contribution in [3.8, 4) is 0 Å². The number of hydrogen-bond donors (Lipinski definition) is 3. The number of allylic oxidation sites excluding steroid dienone is 1. The summed E-state index contributed by atoms with van der Waals surface area (Å²) < 4.78 is 5.47. The molecule has 0 aliphatic carbocycles. The van der Waals surface area contributed by atoms with Gasteiger partial charge in [-0.3, -0.25) is 9.59 Å². The highest BCUT2D eigenvalue weighted by Crippen LogP contribution is 2.17. The normalized spacial score (nSPS) is 12.7. The topological polar surface area (TPSA) is 95.9 Å². The van der Waals surface area contributed by atoms with Crippen LogP contribution in [0.4, 0.5) is 0 Å². The molecule has 3 N–H and O–H groups in total. The molecule has 2 unspecified atom stereocenters. The Labute approximate surface area is 380 Å². The van der Waals surface area contributed by atoms with Gasteiger partial charge in [-0.1, -0.05) is 270 Å². The van der Waals surface area contributed by atoms with Crippen molar-refractivity contribution in [2.24, 2.45) is 0 Å². The molecule has 1 amide bonds. The van der Waals surface area contributed by atoms with Gasteiger partial charge in [0.15, 0.2) is 0 Å². The number of aliphatic hydroxyl groups excluding tert-OH is 2. The molecule has 2 atom stereocenters. The third-order valence-corrected chi connectivity index (χ3v) is 12.8. The molecule has 0 spiro atoms. The minimum absolute atomic E-state index is 0.00306. The summed E-state index contributed by atoms with van der Waals surface area (Å²) in [6.07, 6.45) is 59.3. The molecule has 0 saturated carbocycles. The first-order valence-electron chi connectivity index (χ1n) is 27.5. The fourth-order valence-electron chi connectivity index (χ4n) is 8.58. The van der Waals surface area contributed by atoms with Gasteiger partial charge in [0.05, 0.1) is 25.4 Å². The van der Waals surface area contributed by atoms with Crippen LogP contribution >= 0.6 is 0 Å². The number of amides is 1. The molecule has 0 heterocycles. The molecule has 0 aromatic rings. The van der Waals surface area contributed by atoms with Gasteiger partial charge in [0, 0.05) is 12.8 Å². The van der Waals surface area contributed by atoms with Gasteiger partial charge in [-0.25, -0.2) is 0 Å². The predicted octanol–water partition coefficient (Wildman–Crippen LogP) is 16.5. The smallest absolute Gasteiger partial charge is 0.305 e. The number of ether oxygens (including phenoxy) is 1. The Balaban J connectivity index is 3.45. The first-order valence-corrected chi connectivity index (χ1v) is 27.5. The molecule has 0 radical (unpaired) electrons. The van der Waals surface area contributed by atoms with Crippen LogP contribution in [0.5, 0.6) is 0 Å². The van der Waals surface area contributed by atoms with Crippen LogP contribution in [0.3, 0.4) is 0 Å². The third-order valence-electron chi connectivity index (χ3n) is 12.8. The number of rotatable bonds is 51. The van der Waals surface area contributed by atoms with Crippen molar-refractivity contribution in [1.29, 1.82) is 0 Å². The number of hydrogen-bond acceptors (Lipinski definition) is 5. The second kappa shape index (κ2) is 51.2. The number of unbranched alkanes of at least 4 members (excludes halogenated alkanes) is 40. The summed E-state index contributed by atoms with van der Waals surface area (Å²) in [5.74, 6) is -0.0820. The van der Waals surface area contributed by atoms with E-state index in [4.69, 9.17) is 4.74 Å². The van der Waals surface area contributed by atoms with Gasteiger partial charge >= 0.3 is 5.97 Å². The highest BCUT2D eigenvalue weighted by molar-refractivity contribution is 5.76. The van der Waals surface area contributed by atoms with Crippen molar-refractivity contribution < 1.29 is 24.5 Å². The van der Waals surface area contributed by atoms with Crippen LogP contribution in [0.1, 0.15) is 303 Å². The van der Waals surface area contributed by atoms with Gasteiger partial charge in [0.1, 0.15) is 0 Å². The Hall–Kier alpha value is -1.40. The van der Waals surface area contributed by atoms with Crippen molar-refractivity contribution in [3.63, 3.8) is 0 Å². The SMILES string of the molecule is CCCCCCCCCCCCCCC/C=C/C(O)C(CO)NC(=O)CCCCCCCCCCCCCCCOC(=O)CCCCCCCCCCCCCCCCCC. The van der Waals surface area contributed by atoms with E-state index in [-0.39, 0.29) is 18.5 Å². The minimum atomic E-state index is -0.851. The van der Waals surface area contributed by atoms with Crippen molar-refractivity contribution in [2.75, 3.05) is 13.2 Å². The van der Waals surface area contributed by atoms with E-state index in [0.29, 0.717) is 19.4 Å². The van der Waals surface area contributed by atoms with Gasteiger partial charge in [-0.15, -0.1) is 0 Å². The largest absolute Gasteiger partial charge is 0.466 e. The van der Waals surface area contributed by atoms with E-state index in [2.05, 4.69) is 19.2 Å². The Morgan fingerprint density at radius 1 is 0.443 bits per heavy atom. The van der Waals surface area contributed by atoms with E-state index in [9.17, 15) is 19.8 Å². The Morgan fingerprint density at radius 3 is 1.11 bits per heavy atom. The highest BCUT2D eigenvalue weighted by Gasteiger charge is 2.18. The molecule has 6 heteroatoms. The molecule has 0 aliphatic rings. The Bertz CT molecular complexity index is 909.